The van der Waals surface area contributed by atoms with Gasteiger partial charge in [-0.15, -0.1) is 0 Å². The Bertz CT molecular complexity index is 1510. The van der Waals surface area contributed by atoms with Crippen LogP contribution < -0.4 is 4.74 Å². The van der Waals surface area contributed by atoms with E-state index in [4.69, 9.17) is 4.74 Å². The van der Waals surface area contributed by atoms with Crippen LogP contribution in [0.4, 0.5) is 13.2 Å². The molecule has 0 radical (unpaired) electrons. The number of hydrogen-bond acceptors (Lipinski definition) is 6. The minimum Gasteiger partial charge on any atom is -0.493 e. The van der Waals surface area contributed by atoms with Crippen LogP contribution in [0.2, 0.25) is 0 Å². The summed E-state index contributed by atoms with van der Waals surface area (Å²) < 4.78 is 50.3. The molecule has 0 bridgehead atoms. The monoisotopic (exact) mass is 491 g/mol. The number of ether oxygens (including phenoxy) is 1. The maximum absolute atomic E-state index is 14.0. The molecule has 0 saturated heterocycles. The summed E-state index contributed by atoms with van der Waals surface area (Å²) in [6.07, 6.45) is 9.33. The lowest BCUT2D eigenvalue weighted by Crippen LogP contribution is -2.35. The normalized spacial score (nSPS) is 17.2. The zero-order chi connectivity index (χ0) is 25.4. The highest BCUT2D eigenvalue weighted by atomic mass is 19.2. The molecular weight excluding hydrogens is 471 g/mol. The standard InChI is InChI=1S/C25H20F3N7O/c1-15-12-34(14-31-15)23-20(36-2)8-16(11-30-23)4-5-21-32-24-25(13-29,6-3-7-35(24)33-21)17-9-18(26)22(28)19(27)10-17/h4-5,8-12,14H,3,6-7H2,1-2H3/b5-4+. The van der Waals surface area contributed by atoms with Crippen LogP contribution in [-0.4, -0.2) is 36.4 Å². The van der Waals surface area contributed by atoms with Gasteiger partial charge >= 0.3 is 0 Å². The zero-order valence-corrected chi connectivity index (χ0v) is 19.4. The Balaban J connectivity index is 1.49. The second-order valence-corrected chi connectivity index (χ2v) is 8.44. The van der Waals surface area contributed by atoms with Gasteiger partial charge in [-0.2, -0.15) is 10.4 Å². The van der Waals surface area contributed by atoms with E-state index in [2.05, 4.69) is 26.1 Å². The van der Waals surface area contributed by atoms with Crippen LogP contribution >= 0.6 is 0 Å². The molecule has 5 rings (SSSR count). The van der Waals surface area contributed by atoms with Gasteiger partial charge in [0.15, 0.2) is 40.7 Å². The van der Waals surface area contributed by atoms with Crippen LogP contribution in [0, 0.1) is 35.7 Å². The molecule has 4 aromatic rings. The molecule has 3 aromatic heterocycles. The lowest BCUT2D eigenvalue weighted by atomic mass is 9.75. The van der Waals surface area contributed by atoms with E-state index in [-0.39, 0.29) is 17.8 Å². The van der Waals surface area contributed by atoms with Crippen LogP contribution in [0.15, 0.2) is 36.9 Å². The molecule has 0 N–H and O–H groups in total. The third-order valence-electron chi connectivity index (χ3n) is 6.11. The first-order valence-electron chi connectivity index (χ1n) is 11.1. The van der Waals surface area contributed by atoms with Gasteiger partial charge in [-0.05, 0) is 61.2 Å². The molecule has 0 saturated carbocycles. The molecule has 0 aliphatic carbocycles. The van der Waals surface area contributed by atoms with E-state index in [9.17, 15) is 18.4 Å². The van der Waals surface area contributed by atoms with Crippen LogP contribution in [-0.2, 0) is 12.0 Å². The summed E-state index contributed by atoms with van der Waals surface area (Å²) in [7, 11) is 1.55. The number of rotatable bonds is 5. The summed E-state index contributed by atoms with van der Waals surface area (Å²) in [5.41, 5.74) is 0.110. The molecule has 4 heterocycles. The molecule has 1 unspecified atom stereocenters. The lowest BCUT2D eigenvalue weighted by Gasteiger charge is -2.30. The van der Waals surface area contributed by atoms with Gasteiger partial charge in [0.1, 0.15) is 11.7 Å². The van der Waals surface area contributed by atoms with E-state index in [1.165, 1.54) is 0 Å². The first-order valence-corrected chi connectivity index (χ1v) is 11.1. The van der Waals surface area contributed by atoms with E-state index in [0.29, 0.717) is 30.4 Å². The Hall–Kier alpha value is -4.46. The van der Waals surface area contributed by atoms with E-state index >= 15 is 0 Å². The number of aromatic nitrogens is 6. The molecule has 1 atom stereocenters. The minimum absolute atomic E-state index is 0.00421. The summed E-state index contributed by atoms with van der Waals surface area (Å²) in [6, 6.07) is 5.65. The summed E-state index contributed by atoms with van der Waals surface area (Å²) in [4.78, 5) is 13.2. The first kappa shape index (κ1) is 23.3. The van der Waals surface area contributed by atoms with Crippen molar-refractivity contribution in [3.05, 3.63) is 82.8 Å². The number of fused-ring (bicyclic) bond motifs is 1. The molecule has 1 aromatic carbocycles. The molecule has 11 heteroatoms. The SMILES string of the molecule is COc1cc(/C=C/c2nc3n(n2)CCCC3(C#N)c2cc(F)c(F)c(F)c2)cnc1-n1cnc(C)c1. The highest BCUT2D eigenvalue weighted by molar-refractivity contribution is 5.68. The number of imidazole rings is 1. The van der Waals surface area contributed by atoms with Crippen molar-refractivity contribution < 1.29 is 17.9 Å². The molecule has 36 heavy (non-hydrogen) atoms. The first-order chi connectivity index (χ1) is 17.3. The van der Waals surface area contributed by atoms with Gasteiger partial charge < -0.3 is 4.74 Å². The quantitative estimate of drug-likeness (QED) is 0.385. The van der Waals surface area contributed by atoms with Gasteiger partial charge in [0.25, 0.3) is 0 Å². The molecule has 0 fully saturated rings. The average molecular weight is 491 g/mol. The van der Waals surface area contributed by atoms with Gasteiger partial charge in [0, 0.05) is 18.9 Å². The predicted molar refractivity (Wildman–Crippen MR) is 124 cm³/mol. The number of methoxy groups -OCH3 is 1. The van der Waals surface area contributed by atoms with Gasteiger partial charge in [-0.1, -0.05) is 0 Å². The fraction of sp³-hybridized carbons (Fsp3) is 0.240. The lowest BCUT2D eigenvalue weighted by molar-refractivity contribution is 0.385. The second-order valence-electron chi connectivity index (χ2n) is 8.44. The van der Waals surface area contributed by atoms with Crippen LogP contribution in [0.3, 0.4) is 0 Å². The van der Waals surface area contributed by atoms with Crippen LogP contribution in [0.5, 0.6) is 5.75 Å². The van der Waals surface area contributed by atoms with Crippen molar-refractivity contribution in [2.24, 2.45) is 0 Å². The van der Waals surface area contributed by atoms with Crippen molar-refractivity contribution in [2.45, 2.75) is 31.7 Å². The predicted octanol–water partition coefficient (Wildman–Crippen LogP) is 4.37. The number of halogens is 3. The van der Waals surface area contributed by atoms with Crippen molar-refractivity contribution >= 4 is 12.2 Å². The average Bonchev–Trinajstić information content (AvgIpc) is 3.51. The fourth-order valence-corrected chi connectivity index (χ4v) is 4.35. The summed E-state index contributed by atoms with van der Waals surface area (Å²) >= 11 is 0. The number of pyridine rings is 1. The Morgan fingerprint density at radius 3 is 2.58 bits per heavy atom. The molecule has 1 aliphatic heterocycles. The highest BCUT2D eigenvalue weighted by Gasteiger charge is 2.43. The highest BCUT2D eigenvalue weighted by Crippen LogP contribution is 2.39. The number of benzene rings is 1. The zero-order valence-electron chi connectivity index (χ0n) is 19.4. The third kappa shape index (κ3) is 3.90. The summed E-state index contributed by atoms with van der Waals surface area (Å²) in [5.74, 6) is -2.60. The molecular formula is C25H20F3N7O. The van der Waals surface area contributed by atoms with E-state index in [1.807, 2.05) is 13.1 Å². The molecule has 1 aliphatic rings. The van der Waals surface area contributed by atoms with Crippen LogP contribution in [0.25, 0.3) is 18.0 Å². The Morgan fingerprint density at radius 2 is 1.92 bits per heavy atom. The van der Waals surface area contributed by atoms with E-state index in [0.717, 1.165) is 23.4 Å². The third-order valence-corrected chi connectivity index (χ3v) is 6.11. The largest absolute Gasteiger partial charge is 0.493 e. The molecule has 8 nitrogen and oxygen atoms in total. The van der Waals surface area contributed by atoms with Crippen molar-refractivity contribution in [1.82, 2.24) is 29.3 Å². The Morgan fingerprint density at radius 1 is 1.14 bits per heavy atom. The number of aryl methyl sites for hydroxylation is 2. The second kappa shape index (κ2) is 8.96. The number of hydrogen-bond donors (Lipinski definition) is 0. The van der Waals surface area contributed by atoms with Gasteiger partial charge in [-0.25, -0.2) is 32.8 Å². The smallest absolute Gasteiger partial charge is 0.194 e. The van der Waals surface area contributed by atoms with Crippen LogP contribution in [0.1, 0.15) is 41.3 Å². The Kier molecular flexibility index (Phi) is 5.80. The van der Waals surface area contributed by atoms with Gasteiger partial charge in [-0.3, -0.25) is 4.57 Å². The number of nitrogens with zero attached hydrogens (tertiary/aromatic N) is 7. The van der Waals surface area contributed by atoms with Crippen molar-refractivity contribution in [3.8, 4) is 17.6 Å². The summed E-state index contributed by atoms with van der Waals surface area (Å²) in [6.45, 7) is 2.36. The fourth-order valence-electron chi connectivity index (χ4n) is 4.35. The van der Waals surface area contributed by atoms with Crippen molar-refractivity contribution in [3.63, 3.8) is 0 Å². The van der Waals surface area contributed by atoms with Gasteiger partial charge in [0.05, 0.1) is 18.9 Å². The summed E-state index contributed by atoms with van der Waals surface area (Å²) in [5, 5.41) is 14.5. The maximum atomic E-state index is 14.0. The van der Waals surface area contributed by atoms with Gasteiger partial charge in [0.2, 0.25) is 0 Å². The Labute approximate surface area is 204 Å². The van der Waals surface area contributed by atoms with Crippen molar-refractivity contribution in [1.29, 1.82) is 5.26 Å². The topological polar surface area (TPSA) is 94.4 Å². The van der Waals surface area contributed by atoms with E-state index < -0.39 is 22.9 Å². The molecule has 0 spiro atoms. The van der Waals surface area contributed by atoms with Crippen molar-refractivity contribution in [2.75, 3.05) is 7.11 Å². The number of nitriles is 1. The maximum Gasteiger partial charge on any atom is 0.194 e. The molecule has 182 valence electrons. The van der Waals surface area contributed by atoms with E-state index in [1.54, 1.807) is 47.1 Å². The molecule has 0 amide bonds. The minimum atomic E-state index is -1.58.